The molecular weight excluding hydrogens is 518 g/mol. The van der Waals surface area contributed by atoms with Crippen LogP contribution >= 0.6 is 0 Å². The van der Waals surface area contributed by atoms with Crippen LogP contribution in [0.25, 0.3) is 77.0 Å². The highest BCUT2D eigenvalue weighted by atomic mass is 14.7. The molecule has 1 heterocycles. The largest absolute Gasteiger partial charge is 0.256 e. The van der Waals surface area contributed by atoms with Gasteiger partial charge >= 0.3 is 0 Å². The summed E-state index contributed by atoms with van der Waals surface area (Å²) in [5.74, 6) is 0. The van der Waals surface area contributed by atoms with Crippen LogP contribution < -0.4 is 0 Å². The van der Waals surface area contributed by atoms with E-state index in [1.165, 1.54) is 71.3 Å². The lowest BCUT2D eigenvalue weighted by atomic mass is 9.83. The van der Waals surface area contributed by atoms with Gasteiger partial charge in [-0.25, -0.2) is 0 Å². The zero-order valence-corrected chi connectivity index (χ0v) is 24.0. The molecular formula is C42H29N. The SMILES string of the molecule is Cc1c(-c2ccc(-c3ccccn3)cc2)cccc1-c1c2ccccc2c(-c2ccc3ccccc3c2)c2ccccc12. The second-order valence-electron chi connectivity index (χ2n) is 11.2. The van der Waals surface area contributed by atoms with Crippen molar-refractivity contribution in [2.45, 2.75) is 6.92 Å². The Labute approximate surface area is 251 Å². The Hall–Kier alpha value is -5.53. The Bertz CT molecular complexity index is 2220. The topological polar surface area (TPSA) is 12.9 Å². The molecule has 0 N–H and O–H groups in total. The summed E-state index contributed by atoms with van der Waals surface area (Å²) in [6.07, 6.45) is 1.84. The first kappa shape index (κ1) is 25.2. The molecule has 202 valence electrons. The molecule has 8 aromatic rings. The van der Waals surface area contributed by atoms with Gasteiger partial charge in [-0.3, -0.25) is 4.98 Å². The summed E-state index contributed by atoms with van der Waals surface area (Å²) in [5.41, 5.74) is 10.9. The van der Waals surface area contributed by atoms with Crippen molar-refractivity contribution in [1.82, 2.24) is 4.98 Å². The smallest absolute Gasteiger partial charge is 0.0701 e. The summed E-state index contributed by atoms with van der Waals surface area (Å²) in [6.45, 7) is 2.26. The van der Waals surface area contributed by atoms with E-state index in [1.54, 1.807) is 0 Å². The van der Waals surface area contributed by atoms with Gasteiger partial charge in [0.15, 0.2) is 0 Å². The highest BCUT2D eigenvalue weighted by Gasteiger charge is 2.19. The highest BCUT2D eigenvalue weighted by molar-refractivity contribution is 6.22. The molecule has 43 heavy (non-hydrogen) atoms. The Morgan fingerprint density at radius 2 is 0.953 bits per heavy atom. The van der Waals surface area contributed by atoms with E-state index >= 15 is 0 Å². The minimum absolute atomic E-state index is 0.990. The number of fused-ring (bicyclic) bond motifs is 3. The molecule has 0 unspecified atom stereocenters. The lowest BCUT2D eigenvalue weighted by molar-refractivity contribution is 1.33. The first-order valence-corrected chi connectivity index (χ1v) is 14.8. The molecule has 0 spiro atoms. The van der Waals surface area contributed by atoms with Gasteiger partial charge in [0.25, 0.3) is 0 Å². The van der Waals surface area contributed by atoms with Gasteiger partial charge in [-0.1, -0.05) is 133 Å². The maximum absolute atomic E-state index is 4.52. The van der Waals surface area contributed by atoms with Crippen LogP contribution in [-0.2, 0) is 0 Å². The quantitative estimate of drug-likeness (QED) is 0.200. The fourth-order valence-corrected chi connectivity index (χ4v) is 6.65. The van der Waals surface area contributed by atoms with E-state index in [-0.39, 0.29) is 0 Å². The van der Waals surface area contributed by atoms with Gasteiger partial charge in [0.05, 0.1) is 5.69 Å². The average Bonchev–Trinajstić information content (AvgIpc) is 3.08. The molecule has 0 aliphatic heterocycles. The van der Waals surface area contributed by atoms with Gasteiger partial charge in [-0.05, 0) is 96.4 Å². The molecule has 0 radical (unpaired) electrons. The van der Waals surface area contributed by atoms with Crippen LogP contribution in [0.3, 0.4) is 0 Å². The van der Waals surface area contributed by atoms with E-state index < -0.39 is 0 Å². The monoisotopic (exact) mass is 547 g/mol. The zero-order chi connectivity index (χ0) is 28.8. The van der Waals surface area contributed by atoms with Crippen molar-refractivity contribution in [3.05, 3.63) is 163 Å². The molecule has 7 aromatic carbocycles. The molecule has 1 heteroatoms. The van der Waals surface area contributed by atoms with Gasteiger partial charge in [0.2, 0.25) is 0 Å². The van der Waals surface area contributed by atoms with Crippen LogP contribution in [0.15, 0.2) is 158 Å². The Kier molecular flexibility index (Phi) is 6.09. The third-order valence-electron chi connectivity index (χ3n) is 8.73. The van der Waals surface area contributed by atoms with E-state index in [0.717, 1.165) is 11.3 Å². The number of aromatic nitrogens is 1. The van der Waals surface area contributed by atoms with Crippen LogP contribution in [0.1, 0.15) is 5.56 Å². The third kappa shape index (κ3) is 4.29. The third-order valence-corrected chi connectivity index (χ3v) is 8.73. The van der Waals surface area contributed by atoms with Gasteiger partial charge in [-0.2, -0.15) is 0 Å². The molecule has 1 aromatic heterocycles. The first-order valence-electron chi connectivity index (χ1n) is 14.8. The second-order valence-corrected chi connectivity index (χ2v) is 11.2. The molecule has 0 bridgehead atoms. The van der Waals surface area contributed by atoms with Crippen molar-refractivity contribution in [3.63, 3.8) is 0 Å². The molecule has 1 nitrogen and oxygen atoms in total. The molecule has 0 atom stereocenters. The summed E-state index contributed by atoms with van der Waals surface area (Å²) in [4.78, 5) is 4.52. The number of benzene rings is 7. The Balaban J connectivity index is 1.35. The van der Waals surface area contributed by atoms with Crippen molar-refractivity contribution in [2.75, 3.05) is 0 Å². The number of hydrogen-bond acceptors (Lipinski definition) is 1. The second kappa shape index (κ2) is 10.4. The van der Waals surface area contributed by atoms with E-state index in [2.05, 4.69) is 151 Å². The van der Waals surface area contributed by atoms with Crippen molar-refractivity contribution in [3.8, 4) is 44.6 Å². The van der Waals surface area contributed by atoms with E-state index in [9.17, 15) is 0 Å². The fraction of sp³-hybridized carbons (Fsp3) is 0.0238. The molecule has 0 saturated carbocycles. The fourth-order valence-electron chi connectivity index (χ4n) is 6.65. The van der Waals surface area contributed by atoms with Crippen molar-refractivity contribution < 1.29 is 0 Å². The average molecular weight is 548 g/mol. The predicted octanol–water partition coefficient (Wildman–Crippen LogP) is 11.5. The van der Waals surface area contributed by atoms with Crippen molar-refractivity contribution >= 4 is 32.3 Å². The summed E-state index contributed by atoms with van der Waals surface area (Å²) in [6, 6.07) is 54.8. The maximum Gasteiger partial charge on any atom is 0.0701 e. The first-order chi connectivity index (χ1) is 21.3. The molecule has 0 aliphatic carbocycles. The van der Waals surface area contributed by atoms with Crippen LogP contribution in [0, 0.1) is 6.92 Å². The zero-order valence-electron chi connectivity index (χ0n) is 24.0. The molecule has 0 saturated heterocycles. The normalized spacial score (nSPS) is 11.4. The van der Waals surface area contributed by atoms with Crippen LogP contribution in [-0.4, -0.2) is 4.98 Å². The molecule has 0 aliphatic rings. The number of rotatable bonds is 4. The standard InChI is InChI=1S/C42H29N/c1-28-34(30-21-23-31(24-22-30)40-19-8-9-26-43-40)17-10-18-35(28)42-38-15-6-4-13-36(38)41(37-14-5-7-16-39(37)42)33-25-20-29-11-2-3-12-32(29)27-33/h2-27H,1H3. The summed E-state index contributed by atoms with van der Waals surface area (Å²) >= 11 is 0. The highest BCUT2D eigenvalue weighted by Crippen LogP contribution is 2.45. The maximum atomic E-state index is 4.52. The van der Waals surface area contributed by atoms with Gasteiger partial charge in [-0.15, -0.1) is 0 Å². The van der Waals surface area contributed by atoms with Crippen molar-refractivity contribution in [1.29, 1.82) is 0 Å². The van der Waals surface area contributed by atoms with E-state index in [0.29, 0.717) is 0 Å². The van der Waals surface area contributed by atoms with E-state index in [4.69, 9.17) is 0 Å². The predicted molar refractivity (Wildman–Crippen MR) is 183 cm³/mol. The summed E-state index contributed by atoms with van der Waals surface area (Å²) < 4.78 is 0. The molecule has 8 rings (SSSR count). The van der Waals surface area contributed by atoms with Crippen LogP contribution in [0.4, 0.5) is 0 Å². The lowest BCUT2D eigenvalue weighted by Crippen LogP contribution is -1.94. The molecule has 0 amide bonds. The van der Waals surface area contributed by atoms with Gasteiger partial charge in [0.1, 0.15) is 0 Å². The van der Waals surface area contributed by atoms with Crippen LogP contribution in [0.5, 0.6) is 0 Å². The minimum Gasteiger partial charge on any atom is -0.256 e. The minimum atomic E-state index is 0.990. The van der Waals surface area contributed by atoms with Crippen molar-refractivity contribution in [2.24, 2.45) is 0 Å². The lowest BCUT2D eigenvalue weighted by Gasteiger charge is -2.20. The summed E-state index contributed by atoms with van der Waals surface area (Å²) in [5, 5.41) is 7.61. The Morgan fingerprint density at radius 1 is 0.395 bits per heavy atom. The number of pyridine rings is 1. The number of nitrogens with zero attached hydrogens (tertiary/aromatic N) is 1. The van der Waals surface area contributed by atoms with Gasteiger partial charge < -0.3 is 0 Å². The van der Waals surface area contributed by atoms with Gasteiger partial charge in [0, 0.05) is 11.8 Å². The summed E-state index contributed by atoms with van der Waals surface area (Å²) in [7, 11) is 0. The van der Waals surface area contributed by atoms with E-state index in [1.807, 2.05) is 18.3 Å². The Morgan fingerprint density at radius 3 is 1.63 bits per heavy atom. The molecule has 0 fully saturated rings. The van der Waals surface area contributed by atoms with Crippen LogP contribution in [0.2, 0.25) is 0 Å². The number of hydrogen-bond donors (Lipinski definition) is 0.